The van der Waals surface area contributed by atoms with Crippen molar-refractivity contribution in [3.63, 3.8) is 0 Å². The topological polar surface area (TPSA) is 96.3 Å². The third-order valence-electron chi connectivity index (χ3n) is 3.83. The highest BCUT2D eigenvalue weighted by Gasteiger charge is 2.09. The van der Waals surface area contributed by atoms with Crippen LogP contribution in [-0.4, -0.2) is 24.0 Å². The Labute approximate surface area is 156 Å². The van der Waals surface area contributed by atoms with Gasteiger partial charge in [0.05, 0.1) is 6.20 Å². The molecule has 27 heavy (non-hydrogen) atoms. The van der Waals surface area contributed by atoms with Crippen LogP contribution < -0.4 is 16.0 Å². The van der Waals surface area contributed by atoms with Crippen molar-refractivity contribution < 1.29 is 14.0 Å². The molecule has 7 heteroatoms. The number of nitrogens with zero attached hydrogens (tertiary/aromatic N) is 1. The molecule has 3 aromatic rings. The zero-order valence-corrected chi connectivity index (χ0v) is 14.9. The fraction of sp³-hybridized carbons (Fsp3) is 0.150. The van der Waals surface area contributed by atoms with Gasteiger partial charge in [0.1, 0.15) is 0 Å². The highest BCUT2D eigenvalue weighted by atomic mass is 16.4. The summed E-state index contributed by atoms with van der Waals surface area (Å²) >= 11 is 0. The second-order valence-electron chi connectivity index (χ2n) is 5.81. The molecule has 0 atom stereocenters. The summed E-state index contributed by atoms with van der Waals surface area (Å²) in [5.74, 6) is 1.07. The molecule has 0 saturated carbocycles. The number of amides is 3. The van der Waals surface area contributed by atoms with E-state index in [1.165, 1.54) is 0 Å². The Morgan fingerprint density at radius 2 is 1.63 bits per heavy atom. The largest absolute Gasteiger partial charge is 0.441 e. The molecule has 0 saturated heterocycles. The molecule has 0 aliphatic carbocycles. The minimum Gasteiger partial charge on any atom is -0.441 e. The lowest BCUT2D eigenvalue weighted by molar-refractivity contribution is -0.116. The number of hydrogen-bond acceptors (Lipinski definition) is 4. The van der Waals surface area contributed by atoms with E-state index < -0.39 is 0 Å². The van der Waals surface area contributed by atoms with Crippen molar-refractivity contribution in [2.45, 2.75) is 12.8 Å². The third kappa shape index (κ3) is 5.18. The van der Waals surface area contributed by atoms with Gasteiger partial charge in [0.2, 0.25) is 5.91 Å². The quantitative estimate of drug-likeness (QED) is 0.622. The number of anilines is 2. The Bertz CT molecular complexity index is 904. The zero-order valence-electron chi connectivity index (χ0n) is 14.9. The maximum absolute atomic E-state index is 12.1. The first kappa shape index (κ1) is 18.2. The molecular weight excluding hydrogens is 344 g/mol. The molecule has 1 heterocycles. The number of rotatable bonds is 6. The summed E-state index contributed by atoms with van der Waals surface area (Å²) in [6, 6.07) is 16.3. The minimum absolute atomic E-state index is 0.138. The third-order valence-corrected chi connectivity index (χ3v) is 3.83. The Kier molecular flexibility index (Phi) is 5.84. The summed E-state index contributed by atoms with van der Waals surface area (Å²) < 4.78 is 5.70. The first-order chi connectivity index (χ1) is 13.1. The van der Waals surface area contributed by atoms with Crippen LogP contribution in [0.15, 0.2) is 65.2 Å². The highest BCUT2D eigenvalue weighted by molar-refractivity contribution is 5.92. The zero-order chi connectivity index (χ0) is 19.1. The van der Waals surface area contributed by atoms with Crippen LogP contribution in [0.1, 0.15) is 12.3 Å². The number of nitrogens with one attached hydrogen (secondary N) is 3. The van der Waals surface area contributed by atoms with Crippen LogP contribution >= 0.6 is 0 Å². The molecular formula is C20H20N4O3. The summed E-state index contributed by atoms with van der Waals surface area (Å²) in [6.45, 7) is 0. The number of benzene rings is 2. The molecule has 1 aromatic heterocycles. The smallest absolute Gasteiger partial charge is 0.318 e. The van der Waals surface area contributed by atoms with Gasteiger partial charge in [0.15, 0.2) is 11.7 Å². The summed E-state index contributed by atoms with van der Waals surface area (Å²) in [5.41, 5.74) is 2.24. The van der Waals surface area contributed by atoms with Crippen molar-refractivity contribution >= 4 is 23.3 Å². The van der Waals surface area contributed by atoms with Crippen LogP contribution in [0.2, 0.25) is 0 Å². The number of carbonyl (C=O) groups excluding carboxylic acids is 2. The average Bonchev–Trinajstić information content (AvgIpc) is 3.17. The number of aromatic nitrogens is 1. The van der Waals surface area contributed by atoms with Gasteiger partial charge in [0, 0.05) is 36.8 Å². The van der Waals surface area contributed by atoms with Gasteiger partial charge >= 0.3 is 6.03 Å². The van der Waals surface area contributed by atoms with Gasteiger partial charge in [-0.2, -0.15) is 0 Å². The lowest BCUT2D eigenvalue weighted by Crippen LogP contribution is -2.24. The van der Waals surface area contributed by atoms with E-state index in [4.69, 9.17) is 4.42 Å². The lowest BCUT2D eigenvalue weighted by Gasteiger charge is -2.07. The second kappa shape index (κ2) is 8.66. The van der Waals surface area contributed by atoms with Crippen molar-refractivity contribution in [1.29, 1.82) is 0 Å². The van der Waals surface area contributed by atoms with Crippen molar-refractivity contribution in [3.05, 3.63) is 66.7 Å². The van der Waals surface area contributed by atoms with E-state index in [9.17, 15) is 9.59 Å². The van der Waals surface area contributed by atoms with Crippen LogP contribution in [0.4, 0.5) is 16.2 Å². The van der Waals surface area contributed by atoms with E-state index in [2.05, 4.69) is 20.9 Å². The first-order valence-corrected chi connectivity index (χ1v) is 8.53. The van der Waals surface area contributed by atoms with Crippen LogP contribution in [0.5, 0.6) is 0 Å². The number of carbonyl (C=O) groups is 2. The summed E-state index contributed by atoms with van der Waals surface area (Å²) in [5, 5.41) is 7.93. The summed E-state index contributed by atoms with van der Waals surface area (Å²) in [6.07, 6.45) is 2.34. The Morgan fingerprint density at radius 1 is 0.963 bits per heavy atom. The van der Waals surface area contributed by atoms with E-state index >= 15 is 0 Å². The summed E-state index contributed by atoms with van der Waals surface area (Å²) in [7, 11) is 1.54. The minimum atomic E-state index is -0.299. The van der Waals surface area contributed by atoms with E-state index in [1.807, 2.05) is 30.3 Å². The SMILES string of the molecule is CNC(=O)Nc1ccc(NC(=O)CCc2ncc(-c3ccccc3)o2)cc1. The molecule has 0 spiro atoms. The molecule has 0 fully saturated rings. The van der Waals surface area contributed by atoms with Gasteiger partial charge in [-0.3, -0.25) is 4.79 Å². The van der Waals surface area contributed by atoms with Crippen molar-refractivity contribution in [2.75, 3.05) is 17.7 Å². The van der Waals surface area contributed by atoms with Crippen LogP contribution in [0, 0.1) is 0 Å². The van der Waals surface area contributed by atoms with Gasteiger partial charge in [-0.25, -0.2) is 9.78 Å². The monoisotopic (exact) mass is 364 g/mol. The van der Waals surface area contributed by atoms with Crippen LogP contribution in [0.25, 0.3) is 11.3 Å². The number of aryl methyl sites for hydroxylation is 1. The predicted molar refractivity (Wildman–Crippen MR) is 103 cm³/mol. The van der Waals surface area contributed by atoms with Crippen LogP contribution in [-0.2, 0) is 11.2 Å². The van der Waals surface area contributed by atoms with Crippen molar-refractivity contribution in [2.24, 2.45) is 0 Å². The fourth-order valence-corrected chi connectivity index (χ4v) is 2.44. The molecule has 3 rings (SSSR count). The number of oxazole rings is 1. The van der Waals surface area contributed by atoms with E-state index in [0.29, 0.717) is 29.4 Å². The first-order valence-electron chi connectivity index (χ1n) is 8.53. The Hall–Kier alpha value is -3.61. The molecule has 0 aliphatic heterocycles. The number of urea groups is 1. The molecule has 0 bridgehead atoms. The lowest BCUT2D eigenvalue weighted by atomic mass is 10.2. The molecule has 7 nitrogen and oxygen atoms in total. The molecule has 3 amide bonds. The van der Waals surface area contributed by atoms with Gasteiger partial charge < -0.3 is 20.4 Å². The normalized spacial score (nSPS) is 10.3. The molecule has 2 aromatic carbocycles. The van der Waals surface area contributed by atoms with Gasteiger partial charge in [-0.15, -0.1) is 0 Å². The van der Waals surface area contributed by atoms with Crippen molar-refractivity contribution in [1.82, 2.24) is 10.3 Å². The van der Waals surface area contributed by atoms with E-state index in [0.717, 1.165) is 5.56 Å². The standard InChI is InChI=1S/C20H20N4O3/c1-21-20(26)24-16-9-7-15(8-10-16)23-18(25)11-12-19-22-13-17(27-19)14-5-3-2-4-6-14/h2-10,13H,11-12H2,1H3,(H,23,25)(H2,21,24,26). The average molecular weight is 364 g/mol. The highest BCUT2D eigenvalue weighted by Crippen LogP contribution is 2.20. The fourth-order valence-electron chi connectivity index (χ4n) is 2.44. The van der Waals surface area contributed by atoms with Gasteiger partial charge in [0.25, 0.3) is 0 Å². The Morgan fingerprint density at radius 3 is 2.30 bits per heavy atom. The molecule has 0 unspecified atom stereocenters. The van der Waals surface area contributed by atoms with Crippen molar-refractivity contribution in [3.8, 4) is 11.3 Å². The molecule has 138 valence electrons. The van der Waals surface area contributed by atoms with Gasteiger partial charge in [-0.1, -0.05) is 30.3 Å². The number of hydrogen-bond donors (Lipinski definition) is 3. The molecule has 0 aliphatic rings. The molecule has 3 N–H and O–H groups in total. The Balaban J connectivity index is 1.50. The van der Waals surface area contributed by atoms with Crippen LogP contribution in [0.3, 0.4) is 0 Å². The molecule has 0 radical (unpaired) electrons. The van der Waals surface area contributed by atoms with Gasteiger partial charge in [-0.05, 0) is 24.3 Å². The maximum Gasteiger partial charge on any atom is 0.318 e. The predicted octanol–water partition coefficient (Wildman–Crippen LogP) is 3.66. The maximum atomic E-state index is 12.1. The summed E-state index contributed by atoms with van der Waals surface area (Å²) in [4.78, 5) is 27.6. The second-order valence-corrected chi connectivity index (χ2v) is 5.81. The van der Waals surface area contributed by atoms with E-state index in [1.54, 1.807) is 37.5 Å². The van der Waals surface area contributed by atoms with E-state index in [-0.39, 0.29) is 18.4 Å².